The molecule has 0 aromatic heterocycles. The van der Waals surface area contributed by atoms with E-state index < -0.39 is 4.92 Å². The highest BCUT2D eigenvalue weighted by Crippen LogP contribution is 2.34. The van der Waals surface area contributed by atoms with Gasteiger partial charge in [0.15, 0.2) is 0 Å². The van der Waals surface area contributed by atoms with Crippen molar-refractivity contribution < 1.29 is 4.92 Å². The van der Waals surface area contributed by atoms with Crippen molar-refractivity contribution in [2.75, 3.05) is 50.2 Å². The van der Waals surface area contributed by atoms with Crippen LogP contribution in [0.4, 0.5) is 17.1 Å². The monoisotopic (exact) mass is 297 g/mol. The number of hydrogen-bond donors (Lipinski definition) is 3. The second kappa shape index (κ2) is 6.78. The second-order valence-corrected chi connectivity index (χ2v) is 5.42. The van der Waals surface area contributed by atoms with E-state index in [1.165, 1.54) is 17.8 Å². The van der Waals surface area contributed by atoms with E-state index in [-0.39, 0.29) is 11.4 Å². The molecule has 0 saturated carbocycles. The van der Waals surface area contributed by atoms with Gasteiger partial charge in [-0.05, 0) is 12.3 Å². The number of anilines is 2. The summed E-state index contributed by atoms with van der Waals surface area (Å²) in [6, 6.07) is 3.17. The average molecular weight is 297 g/mol. The number of thioether (sulfide) groups is 1. The van der Waals surface area contributed by atoms with E-state index in [1.54, 1.807) is 6.07 Å². The summed E-state index contributed by atoms with van der Waals surface area (Å²) in [5.74, 6) is 0. The van der Waals surface area contributed by atoms with E-state index >= 15 is 0 Å². The first-order valence-corrected chi connectivity index (χ1v) is 7.63. The summed E-state index contributed by atoms with van der Waals surface area (Å²) < 4.78 is 0. The third kappa shape index (κ3) is 3.53. The van der Waals surface area contributed by atoms with Gasteiger partial charge in [0, 0.05) is 43.8 Å². The molecule has 4 N–H and O–H groups in total. The molecular formula is C12H19N5O2S. The predicted molar refractivity (Wildman–Crippen MR) is 82.2 cm³/mol. The van der Waals surface area contributed by atoms with E-state index in [0.717, 1.165) is 43.4 Å². The van der Waals surface area contributed by atoms with Crippen LogP contribution < -0.4 is 16.4 Å². The van der Waals surface area contributed by atoms with Crippen LogP contribution in [0.5, 0.6) is 0 Å². The zero-order valence-electron chi connectivity index (χ0n) is 11.4. The van der Waals surface area contributed by atoms with Crippen LogP contribution in [-0.4, -0.2) is 48.9 Å². The Morgan fingerprint density at radius 1 is 1.60 bits per heavy atom. The number of hydrogen-bond acceptors (Lipinski definition) is 7. The van der Waals surface area contributed by atoms with Gasteiger partial charge in [0.25, 0.3) is 5.69 Å². The number of rotatable bonds is 6. The number of nitro groups is 1. The van der Waals surface area contributed by atoms with Crippen LogP contribution in [0.2, 0.25) is 0 Å². The van der Waals surface area contributed by atoms with Gasteiger partial charge >= 0.3 is 0 Å². The summed E-state index contributed by atoms with van der Waals surface area (Å²) in [5, 5.41) is 17.5. The average Bonchev–Trinajstić information content (AvgIpc) is 2.92. The minimum Gasteiger partial charge on any atom is -0.393 e. The van der Waals surface area contributed by atoms with Crippen molar-refractivity contribution >= 4 is 28.8 Å². The molecule has 110 valence electrons. The summed E-state index contributed by atoms with van der Waals surface area (Å²) in [6.45, 7) is 4.61. The highest BCUT2D eigenvalue weighted by atomic mass is 32.2. The first kappa shape index (κ1) is 14.9. The zero-order valence-corrected chi connectivity index (χ0v) is 12.2. The predicted octanol–water partition coefficient (Wildman–Crippen LogP) is 1.17. The van der Waals surface area contributed by atoms with Crippen LogP contribution >= 0.6 is 11.8 Å². The van der Waals surface area contributed by atoms with E-state index in [0.29, 0.717) is 0 Å². The van der Waals surface area contributed by atoms with Gasteiger partial charge < -0.3 is 16.4 Å². The third-order valence-corrected chi connectivity index (χ3v) is 4.01. The fourth-order valence-electron chi connectivity index (χ4n) is 2.14. The summed E-state index contributed by atoms with van der Waals surface area (Å²) in [6.07, 6.45) is 1.93. The Labute approximate surface area is 122 Å². The molecule has 0 radical (unpaired) electrons. The summed E-state index contributed by atoms with van der Waals surface area (Å²) in [4.78, 5) is 13.7. The van der Waals surface area contributed by atoms with Gasteiger partial charge in [0.2, 0.25) is 0 Å². The molecule has 0 aliphatic carbocycles. The number of nitrogen functional groups attached to an aromatic ring is 1. The lowest BCUT2D eigenvalue weighted by atomic mass is 10.2. The number of nitrogens with one attached hydrogen (secondary N) is 2. The van der Waals surface area contributed by atoms with E-state index in [2.05, 4.69) is 15.5 Å². The first-order chi connectivity index (χ1) is 9.61. The Balaban J connectivity index is 2.04. The smallest absolute Gasteiger partial charge is 0.294 e. The highest BCUT2D eigenvalue weighted by molar-refractivity contribution is 7.98. The maximum Gasteiger partial charge on any atom is 0.294 e. The fraction of sp³-hybridized carbons (Fsp3) is 0.500. The molecule has 0 bridgehead atoms. The zero-order chi connectivity index (χ0) is 14.5. The van der Waals surface area contributed by atoms with E-state index in [4.69, 9.17) is 5.73 Å². The molecule has 1 heterocycles. The normalized spacial score (nSPS) is 15.4. The minimum absolute atomic E-state index is 0.0480. The van der Waals surface area contributed by atoms with Gasteiger partial charge in [-0.3, -0.25) is 15.0 Å². The van der Waals surface area contributed by atoms with Gasteiger partial charge in [-0.25, -0.2) is 0 Å². The SMILES string of the molecule is CSc1cc(N)c([N+](=O)[O-])cc1NCCN1CCNC1. The number of nitrogens with two attached hydrogens (primary N) is 1. The second-order valence-electron chi connectivity index (χ2n) is 4.57. The van der Waals surface area contributed by atoms with Gasteiger partial charge in [0.05, 0.1) is 10.6 Å². The molecule has 7 nitrogen and oxygen atoms in total. The molecular weight excluding hydrogens is 278 g/mol. The molecule has 0 unspecified atom stereocenters. The number of nitro benzene ring substituents is 1. The lowest BCUT2D eigenvalue weighted by Crippen LogP contribution is -2.28. The van der Waals surface area contributed by atoms with Gasteiger partial charge in [-0.15, -0.1) is 11.8 Å². The van der Waals surface area contributed by atoms with Gasteiger partial charge in [-0.2, -0.15) is 0 Å². The van der Waals surface area contributed by atoms with Gasteiger partial charge in [0.1, 0.15) is 5.69 Å². The van der Waals surface area contributed by atoms with Crippen molar-refractivity contribution in [3.05, 3.63) is 22.2 Å². The summed E-state index contributed by atoms with van der Waals surface area (Å²) in [5.41, 5.74) is 6.62. The molecule has 1 aromatic carbocycles. The maximum absolute atomic E-state index is 10.9. The number of nitrogens with zero attached hydrogens (tertiary/aromatic N) is 2. The molecule has 1 saturated heterocycles. The van der Waals surface area contributed by atoms with Crippen LogP contribution in [0.25, 0.3) is 0 Å². The van der Waals surface area contributed by atoms with Crippen LogP contribution in [0.15, 0.2) is 17.0 Å². The van der Waals surface area contributed by atoms with Crippen LogP contribution in [0.1, 0.15) is 0 Å². The van der Waals surface area contributed by atoms with Crippen molar-refractivity contribution in [3.63, 3.8) is 0 Å². The summed E-state index contributed by atoms with van der Waals surface area (Å²) in [7, 11) is 0. The van der Waals surface area contributed by atoms with Crippen molar-refractivity contribution in [1.82, 2.24) is 10.2 Å². The molecule has 0 spiro atoms. The lowest BCUT2D eigenvalue weighted by Gasteiger charge is -2.16. The molecule has 1 aliphatic heterocycles. The Morgan fingerprint density at radius 2 is 2.40 bits per heavy atom. The number of benzene rings is 1. The van der Waals surface area contributed by atoms with Crippen molar-refractivity contribution in [3.8, 4) is 0 Å². The first-order valence-electron chi connectivity index (χ1n) is 6.40. The molecule has 1 fully saturated rings. The lowest BCUT2D eigenvalue weighted by molar-refractivity contribution is -0.383. The Hall–Kier alpha value is -1.51. The van der Waals surface area contributed by atoms with E-state index in [1.807, 2.05) is 6.26 Å². The van der Waals surface area contributed by atoms with Crippen LogP contribution in [0, 0.1) is 10.1 Å². The van der Waals surface area contributed by atoms with E-state index in [9.17, 15) is 10.1 Å². The maximum atomic E-state index is 10.9. The third-order valence-electron chi connectivity index (χ3n) is 3.23. The molecule has 0 amide bonds. The van der Waals surface area contributed by atoms with Gasteiger partial charge in [-0.1, -0.05) is 0 Å². The van der Waals surface area contributed by atoms with Crippen molar-refractivity contribution in [2.45, 2.75) is 4.90 Å². The standard InChI is InChI=1S/C12H19N5O2S/c1-20-12-6-9(13)11(17(18)19)7-10(12)15-3-5-16-4-2-14-8-16/h6-7,14-15H,2-5,8,13H2,1H3. The molecule has 0 atom stereocenters. The quantitative estimate of drug-likeness (QED) is 0.314. The largest absolute Gasteiger partial charge is 0.393 e. The van der Waals surface area contributed by atoms with Crippen LogP contribution in [-0.2, 0) is 0 Å². The molecule has 20 heavy (non-hydrogen) atoms. The molecule has 2 rings (SSSR count). The van der Waals surface area contributed by atoms with Crippen molar-refractivity contribution in [2.24, 2.45) is 0 Å². The highest BCUT2D eigenvalue weighted by Gasteiger charge is 2.16. The Morgan fingerprint density at radius 3 is 3.00 bits per heavy atom. The Kier molecular flexibility index (Phi) is 5.05. The Bertz CT molecular complexity index is 491. The molecule has 8 heteroatoms. The minimum atomic E-state index is -0.449. The van der Waals surface area contributed by atoms with Crippen molar-refractivity contribution in [1.29, 1.82) is 0 Å². The fourth-order valence-corrected chi connectivity index (χ4v) is 2.74. The summed E-state index contributed by atoms with van der Waals surface area (Å²) >= 11 is 1.52. The molecule has 1 aromatic rings. The topological polar surface area (TPSA) is 96.5 Å². The molecule has 1 aliphatic rings. The van der Waals surface area contributed by atoms with Crippen LogP contribution in [0.3, 0.4) is 0 Å².